The van der Waals surface area contributed by atoms with Crippen molar-refractivity contribution in [2.45, 2.75) is 25.4 Å². The Hall–Kier alpha value is -1.98. The molecule has 5 heteroatoms. The Morgan fingerprint density at radius 1 is 1.13 bits per heavy atom. The van der Waals surface area contributed by atoms with E-state index in [1.165, 1.54) is 5.56 Å². The quantitative estimate of drug-likeness (QED) is 0.783. The predicted octanol–water partition coefficient (Wildman–Crippen LogP) is 3.49. The second-order valence-corrected chi connectivity index (χ2v) is 7.06. The second-order valence-electron chi connectivity index (χ2n) is 6.18. The number of benzene rings is 1. The van der Waals surface area contributed by atoms with Crippen LogP contribution in [0.4, 0.5) is 5.82 Å². The van der Waals surface area contributed by atoms with Crippen molar-refractivity contribution in [3.8, 4) is 0 Å². The molecule has 118 valence electrons. The monoisotopic (exact) mass is 325 g/mol. The molecule has 3 heterocycles. The van der Waals surface area contributed by atoms with Gasteiger partial charge in [0, 0.05) is 13.1 Å². The van der Waals surface area contributed by atoms with Gasteiger partial charge in [0.2, 0.25) is 0 Å². The van der Waals surface area contributed by atoms with Crippen LogP contribution >= 0.6 is 11.3 Å². The first-order valence-electron chi connectivity index (χ1n) is 7.89. The van der Waals surface area contributed by atoms with Crippen LogP contribution in [-0.4, -0.2) is 28.2 Å². The molecule has 0 atom stereocenters. The molecule has 23 heavy (non-hydrogen) atoms. The van der Waals surface area contributed by atoms with Crippen LogP contribution in [0.1, 0.15) is 24.0 Å². The van der Waals surface area contributed by atoms with Gasteiger partial charge in [0.1, 0.15) is 12.1 Å². The first kappa shape index (κ1) is 14.6. The number of rotatable bonds is 2. The Kier molecular flexibility index (Phi) is 3.54. The number of thiophene rings is 1. The Labute approximate surface area is 139 Å². The third kappa shape index (κ3) is 2.50. The molecule has 4 rings (SSSR count). The highest BCUT2D eigenvalue weighted by molar-refractivity contribution is 7.18. The number of hydrogen-bond donors (Lipinski definition) is 1. The van der Waals surface area contributed by atoms with Crippen molar-refractivity contribution >= 4 is 27.4 Å². The first-order chi connectivity index (χ1) is 11.2. The van der Waals surface area contributed by atoms with E-state index < -0.39 is 5.60 Å². The van der Waals surface area contributed by atoms with Gasteiger partial charge in [-0.2, -0.15) is 0 Å². The van der Waals surface area contributed by atoms with Gasteiger partial charge in [-0.25, -0.2) is 9.97 Å². The second kappa shape index (κ2) is 5.58. The highest BCUT2D eigenvalue weighted by atomic mass is 32.1. The molecule has 3 aromatic rings. The minimum atomic E-state index is -0.727. The molecule has 0 amide bonds. The van der Waals surface area contributed by atoms with Crippen molar-refractivity contribution in [3.05, 3.63) is 53.2 Å². The number of piperidine rings is 1. The summed E-state index contributed by atoms with van der Waals surface area (Å²) in [6, 6.07) is 9.99. The molecule has 0 aliphatic carbocycles. The van der Waals surface area contributed by atoms with Crippen LogP contribution in [0.3, 0.4) is 0 Å². The van der Waals surface area contributed by atoms with Crippen LogP contribution in [0.2, 0.25) is 0 Å². The SMILES string of the molecule is Cc1csc2c(N3CCC(O)(c4ccccc4)CC3)ncnc12. The van der Waals surface area contributed by atoms with Gasteiger partial charge in [0.05, 0.1) is 15.8 Å². The molecule has 0 unspecified atom stereocenters. The number of fused-ring (bicyclic) bond motifs is 1. The molecule has 0 bridgehead atoms. The molecule has 1 saturated heterocycles. The smallest absolute Gasteiger partial charge is 0.150 e. The number of anilines is 1. The van der Waals surface area contributed by atoms with Crippen LogP contribution in [0.15, 0.2) is 42.0 Å². The van der Waals surface area contributed by atoms with E-state index in [-0.39, 0.29) is 0 Å². The number of aromatic nitrogens is 2. The van der Waals surface area contributed by atoms with Gasteiger partial charge in [-0.15, -0.1) is 11.3 Å². The van der Waals surface area contributed by atoms with Crippen molar-refractivity contribution in [1.29, 1.82) is 0 Å². The molecule has 0 spiro atoms. The lowest BCUT2D eigenvalue weighted by Crippen LogP contribution is -2.43. The van der Waals surface area contributed by atoms with Gasteiger partial charge in [0.15, 0.2) is 0 Å². The van der Waals surface area contributed by atoms with Gasteiger partial charge in [-0.1, -0.05) is 30.3 Å². The summed E-state index contributed by atoms with van der Waals surface area (Å²) in [6.07, 6.45) is 3.08. The molecule has 1 aliphatic rings. The Bertz CT molecular complexity index is 823. The summed E-state index contributed by atoms with van der Waals surface area (Å²) in [5.74, 6) is 1.00. The number of nitrogens with zero attached hydrogens (tertiary/aromatic N) is 3. The normalized spacial score (nSPS) is 17.6. The minimum absolute atomic E-state index is 0.715. The van der Waals surface area contributed by atoms with E-state index in [1.54, 1.807) is 17.7 Å². The van der Waals surface area contributed by atoms with Crippen molar-refractivity contribution < 1.29 is 5.11 Å². The maximum atomic E-state index is 11.0. The third-order valence-corrected chi connectivity index (χ3v) is 5.80. The molecular weight excluding hydrogens is 306 g/mol. The predicted molar refractivity (Wildman–Crippen MR) is 93.9 cm³/mol. The zero-order chi connectivity index (χ0) is 15.9. The van der Waals surface area contributed by atoms with Crippen LogP contribution in [0, 0.1) is 6.92 Å². The van der Waals surface area contributed by atoms with Gasteiger partial charge in [-0.05, 0) is 36.3 Å². The summed E-state index contributed by atoms with van der Waals surface area (Å²) in [6.45, 7) is 3.68. The molecule has 0 saturated carbocycles. The highest BCUT2D eigenvalue weighted by Crippen LogP contribution is 2.37. The van der Waals surface area contributed by atoms with Crippen LogP contribution in [0.25, 0.3) is 10.2 Å². The van der Waals surface area contributed by atoms with Crippen molar-refractivity contribution in [2.75, 3.05) is 18.0 Å². The zero-order valence-corrected chi connectivity index (χ0v) is 13.9. The van der Waals surface area contributed by atoms with E-state index in [1.807, 2.05) is 30.3 Å². The van der Waals surface area contributed by atoms with Gasteiger partial charge >= 0.3 is 0 Å². The fourth-order valence-electron chi connectivity index (χ4n) is 3.31. The van der Waals surface area contributed by atoms with Crippen LogP contribution < -0.4 is 4.90 Å². The van der Waals surface area contributed by atoms with Gasteiger partial charge in [0.25, 0.3) is 0 Å². The average Bonchev–Trinajstić information content (AvgIpc) is 2.98. The molecule has 1 fully saturated rings. The molecule has 1 aromatic carbocycles. The van der Waals surface area contributed by atoms with E-state index >= 15 is 0 Å². The van der Waals surface area contributed by atoms with Gasteiger partial charge in [-0.3, -0.25) is 0 Å². The maximum Gasteiger partial charge on any atom is 0.150 e. The third-order valence-electron chi connectivity index (χ3n) is 4.71. The highest BCUT2D eigenvalue weighted by Gasteiger charge is 2.34. The Balaban J connectivity index is 1.60. The van der Waals surface area contributed by atoms with E-state index in [2.05, 4.69) is 27.2 Å². The Morgan fingerprint density at radius 3 is 2.61 bits per heavy atom. The minimum Gasteiger partial charge on any atom is -0.385 e. The van der Waals surface area contributed by atoms with E-state index in [0.29, 0.717) is 12.8 Å². The number of hydrogen-bond acceptors (Lipinski definition) is 5. The standard InChI is InChI=1S/C18H19N3OS/c1-13-11-23-16-15(13)19-12-20-17(16)21-9-7-18(22,8-10-21)14-5-3-2-4-6-14/h2-6,11-12,22H,7-10H2,1H3. The van der Waals surface area contributed by atoms with E-state index in [9.17, 15) is 5.11 Å². The first-order valence-corrected chi connectivity index (χ1v) is 8.77. The maximum absolute atomic E-state index is 11.0. The molecule has 0 radical (unpaired) electrons. The van der Waals surface area contributed by atoms with Crippen molar-refractivity contribution in [3.63, 3.8) is 0 Å². The summed E-state index contributed by atoms with van der Waals surface area (Å²) < 4.78 is 1.15. The summed E-state index contributed by atoms with van der Waals surface area (Å²) >= 11 is 1.70. The molecule has 1 aliphatic heterocycles. The largest absolute Gasteiger partial charge is 0.385 e. The number of aliphatic hydroxyl groups is 1. The van der Waals surface area contributed by atoms with E-state index in [0.717, 1.165) is 34.7 Å². The zero-order valence-electron chi connectivity index (χ0n) is 13.1. The lowest BCUT2D eigenvalue weighted by atomic mass is 9.84. The molecule has 2 aromatic heterocycles. The lowest BCUT2D eigenvalue weighted by molar-refractivity contribution is 0.0117. The van der Waals surface area contributed by atoms with Crippen molar-refractivity contribution in [2.24, 2.45) is 0 Å². The molecule has 4 nitrogen and oxygen atoms in total. The molecular formula is C18H19N3OS. The number of aryl methyl sites for hydroxylation is 1. The topological polar surface area (TPSA) is 49.2 Å². The van der Waals surface area contributed by atoms with Crippen LogP contribution in [-0.2, 0) is 5.60 Å². The summed E-state index contributed by atoms with van der Waals surface area (Å²) in [5, 5.41) is 13.1. The average molecular weight is 325 g/mol. The van der Waals surface area contributed by atoms with Crippen molar-refractivity contribution in [1.82, 2.24) is 9.97 Å². The summed E-state index contributed by atoms with van der Waals surface area (Å²) in [7, 11) is 0. The fourth-order valence-corrected chi connectivity index (χ4v) is 4.33. The molecule has 1 N–H and O–H groups in total. The van der Waals surface area contributed by atoms with Crippen LogP contribution in [0.5, 0.6) is 0 Å². The fraction of sp³-hybridized carbons (Fsp3) is 0.333. The Morgan fingerprint density at radius 2 is 1.87 bits per heavy atom. The van der Waals surface area contributed by atoms with E-state index in [4.69, 9.17) is 0 Å². The summed E-state index contributed by atoms with van der Waals surface area (Å²) in [5.41, 5.74) is 2.53. The lowest BCUT2D eigenvalue weighted by Gasteiger charge is -2.39. The van der Waals surface area contributed by atoms with Gasteiger partial charge < -0.3 is 10.0 Å². The summed E-state index contributed by atoms with van der Waals surface area (Å²) in [4.78, 5) is 11.2.